The zero-order chi connectivity index (χ0) is 17.8. The first-order chi connectivity index (χ1) is 12.1. The first-order valence-corrected chi connectivity index (χ1v) is 8.37. The number of nitrogens with zero attached hydrogens (tertiary/aromatic N) is 3. The van der Waals surface area contributed by atoms with E-state index >= 15 is 0 Å². The van der Waals surface area contributed by atoms with Crippen LogP contribution in [0, 0.1) is 0 Å². The topological polar surface area (TPSA) is 76.5 Å². The molecule has 0 aliphatic carbocycles. The maximum Gasteiger partial charge on any atom is 0.292 e. The van der Waals surface area contributed by atoms with Crippen molar-refractivity contribution in [2.45, 2.75) is 19.3 Å². The molecule has 1 aromatic heterocycles. The molecule has 1 saturated heterocycles. The Balaban J connectivity index is 1.92. The molecule has 1 amide bonds. The van der Waals surface area contributed by atoms with E-state index in [-0.39, 0.29) is 11.5 Å². The number of amides is 1. The van der Waals surface area contributed by atoms with Crippen molar-refractivity contribution in [3.63, 3.8) is 0 Å². The lowest BCUT2D eigenvalue weighted by Crippen LogP contribution is -2.37. The fourth-order valence-electron chi connectivity index (χ4n) is 3.00. The van der Waals surface area contributed by atoms with E-state index in [1.165, 1.54) is 10.9 Å². The number of piperidine rings is 1. The number of aromatic nitrogens is 2. The standard InChI is InChI=1S/C18H22N4O3/c1-21-18(24)16(22-9-4-3-5-10-22)15(12-19-21)20-17(23)13-7-6-8-14(11-13)25-2/h6-8,11-12H,3-5,9-10H2,1-2H3,(H,20,23). The molecule has 0 saturated carbocycles. The van der Waals surface area contributed by atoms with E-state index in [9.17, 15) is 9.59 Å². The predicted molar refractivity (Wildman–Crippen MR) is 96.5 cm³/mol. The average Bonchev–Trinajstić information content (AvgIpc) is 2.65. The van der Waals surface area contributed by atoms with Gasteiger partial charge in [0.15, 0.2) is 0 Å². The van der Waals surface area contributed by atoms with Gasteiger partial charge in [-0.25, -0.2) is 4.68 Å². The molecule has 1 aliphatic heterocycles. The minimum atomic E-state index is -0.299. The Bertz CT molecular complexity index is 825. The zero-order valence-electron chi connectivity index (χ0n) is 14.5. The van der Waals surface area contributed by atoms with Crippen molar-refractivity contribution in [1.82, 2.24) is 9.78 Å². The summed E-state index contributed by atoms with van der Waals surface area (Å²) in [5.74, 6) is 0.304. The van der Waals surface area contributed by atoms with Crippen LogP contribution < -0.4 is 20.5 Å². The van der Waals surface area contributed by atoms with Crippen molar-refractivity contribution >= 4 is 17.3 Å². The summed E-state index contributed by atoms with van der Waals surface area (Å²) in [4.78, 5) is 27.2. The third-order valence-electron chi connectivity index (χ3n) is 4.36. The van der Waals surface area contributed by atoms with Crippen LogP contribution in [0.15, 0.2) is 35.3 Å². The number of hydrogen-bond donors (Lipinski definition) is 1. The van der Waals surface area contributed by atoms with Gasteiger partial charge in [0.1, 0.15) is 11.4 Å². The smallest absolute Gasteiger partial charge is 0.292 e. The van der Waals surface area contributed by atoms with Crippen molar-refractivity contribution < 1.29 is 9.53 Å². The summed E-state index contributed by atoms with van der Waals surface area (Å²) >= 11 is 0. The molecule has 7 nitrogen and oxygen atoms in total. The number of benzene rings is 1. The van der Waals surface area contributed by atoms with Crippen molar-refractivity contribution in [2.24, 2.45) is 7.05 Å². The van der Waals surface area contributed by atoms with Crippen molar-refractivity contribution in [3.05, 3.63) is 46.4 Å². The third kappa shape index (κ3) is 3.65. The van der Waals surface area contributed by atoms with Gasteiger partial charge < -0.3 is 15.0 Å². The second-order valence-corrected chi connectivity index (χ2v) is 6.07. The summed E-state index contributed by atoms with van der Waals surface area (Å²) in [5.41, 5.74) is 1.21. The maximum atomic E-state index is 12.6. The van der Waals surface area contributed by atoms with Gasteiger partial charge >= 0.3 is 0 Å². The van der Waals surface area contributed by atoms with E-state index < -0.39 is 0 Å². The van der Waals surface area contributed by atoms with E-state index in [0.29, 0.717) is 22.7 Å². The molecule has 0 atom stereocenters. The number of methoxy groups -OCH3 is 1. The van der Waals surface area contributed by atoms with Gasteiger partial charge in [-0.1, -0.05) is 6.07 Å². The van der Waals surface area contributed by atoms with E-state index in [4.69, 9.17) is 4.74 Å². The molecule has 0 spiro atoms. The highest BCUT2D eigenvalue weighted by Crippen LogP contribution is 2.25. The number of hydrogen-bond acceptors (Lipinski definition) is 5. The van der Waals surface area contributed by atoms with Crippen molar-refractivity contribution in [1.29, 1.82) is 0 Å². The minimum absolute atomic E-state index is 0.203. The van der Waals surface area contributed by atoms with Crippen molar-refractivity contribution in [2.75, 3.05) is 30.4 Å². The molecule has 0 unspecified atom stereocenters. The Morgan fingerprint density at radius 2 is 2.00 bits per heavy atom. The molecule has 1 aliphatic rings. The number of aryl methyl sites for hydroxylation is 1. The highest BCUT2D eigenvalue weighted by atomic mass is 16.5. The maximum absolute atomic E-state index is 12.6. The lowest BCUT2D eigenvalue weighted by molar-refractivity contribution is 0.102. The van der Waals surface area contributed by atoms with Crippen LogP contribution in [0.4, 0.5) is 11.4 Å². The number of anilines is 2. The molecule has 3 rings (SSSR count). The molecule has 2 heterocycles. The van der Waals surface area contributed by atoms with Gasteiger partial charge in [-0.15, -0.1) is 0 Å². The lowest BCUT2D eigenvalue weighted by atomic mass is 10.1. The summed E-state index contributed by atoms with van der Waals surface area (Å²) in [6.07, 6.45) is 4.76. The summed E-state index contributed by atoms with van der Waals surface area (Å²) in [5, 5.41) is 6.88. The first kappa shape index (κ1) is 17.0. The Morgan fingerprint density at radius 1 is 1.24 bits per heavy atom. The Hall–Kier alpha value is -2.83. The SMILES string of the molecule is COc1cccc(C(=O)Nc2cnn(C)c(=O)c2N2CCCCC2)c1. The molecular formula is C18H22N4O3. The largest absolute Gasteiger partial charge is 0.497 e. The summed E-state index contributed by atoms with van der Waals surface area (Å²) < 4.78 is 6.45. The molecule has 2 aromatic rings. The van der Waals surface area contributed by atoms with Gasteiger partial charge in [0, 0.05) is 25.7 Å². The highest BCUT2D eigenvalue weighted by molar-refractivity contribution is 6.06. The van der Waals surface area contributed by atoms with Crippen molar-refractivity contribution in [3.8, 4) is 5.75 Å². The molecule has 1 aromatic carbocycles. The number of ether oxygens (including phenoxy) is 1. The van der Waals surface area contributed by atoms with E-state index in [1.807, 2.05) is 4.90 Å². The van der Waals surface area contributed by atoms with E-state index in [2.05, 4.69) is 10.4 Å². The van der Waals surface area contributed by atoms with Crippen LogP contribution in [0.1, 0.15) is 29.6 Å². The quantitative estimate of drug-likeness (QED) is 0.920. The second-order valence-electron chi connectivity index (χ2n) is 6.07. The lowest BCUT2D eigenvalue weighted by Gasteiger charge is -2.29. The molecule has 0 bridgehead atoms. The molecule has 25 heavy (non-hydrogen) atoms. The summed E-state index contributed by atoms with van der Waals surface area (Å²) in [6, 6.07) is 6.88. The van der Waals surface area contributed by atoms with Gasteiger partial charge in [0.25, 0.3) is 11.5 Å². The Kier molecular flexibility index (Phi) is 5.02. The molecular weight excluding hydrogens is 320 g/mol. The summed E-state index contributed by atoms with van der Waals surface area (Å²) in [7, 11) is 3.17. The van der Waals surface area contributed by atoms with Gasteiger partial charge in [0.05, 0.1) is 19.0 Å². The zero-order valence-corrected chi connectivity index (χ0v) is 14.5. The van der Waals surface area contributed by atoms with Crippen LogP contribution in [-0.2, 0) is 7.05 Å². The molecule has 132 valence electrons. The first-order valence-electron chi connectivity index (χ1n) is 8.37. The number of carbonyl (C=O) groups is 1. The van der Waals surface area contributed by atoms with Crippen LogP contribution in [-0.4, -0.2) is 35.9 Å². The minimum Gasteiger partial charge on any atom is -0.497 e. The number of carbonyl (C=O) groups excluding carboxylic acids is 1. The fraction of sp³-hybridized carbons (Fsp3) is 0.389. The van der Waals surface area contributed by atoms with Gasteiger partial charge in [0.2, 0.25) is 0 Å². The van der Waals surface area contributed by atoms with Gasteiger partial charge in [-0.05, 0) is 37.5 Å². The van der Waals surface area contributed by atoms with Gasteiger partial charge in [-0.3, -0.25) is 9.59 Å². The van der Waals surface area contributed by atoms with Crippen LogP contribution in [0.25, 0.3) is 0 Å². The second kappa shape index (κ2) is 7.38. The average molecular weight is 342 g/mol. The van der Waals surface area contributed by atoms with E-state index in [1.54, 1.807) is 38.4 Å². The predicted octanol–water partition coefficient (Wildman–Crippen LogP) is 2.03. The van der Waals surface area contributed by atoms with Crippen LogP contribution in [0.2, 0.25) is 0 Å². The monoisotopic (exact) mass is 342 g/mol. The fourth-order valence-corrected chi connectivity index (χ4v) is 3.00. The number of nitrogens with one attached hydrogen (secondary N) is 1. The van der Waals surface area contributed by atoms with Crippen LogP contribution in [0.3, 0.4) is 0 Å². The third-order valence-corrected chi connectivity index (χ3v) is 4.36. The van der Waals surface area contributed by atoms with Crippen LogP contribution >= 0.6 is 0 Å². The molecule has 0 radical (unpaired) electrons. The molecule has 1 N–H and O–H groups in total. The van der Waals surface area contributed by atoms with E-state index in [0.717, 1.165) is 32.4 Å². The van der Waals surface area contributed by atoms with Gasteiger partial charge in [-0.2, -0.15) is 5.10 Å². The molecule has 1 fully saturated rings. The van der Waals surface area contributed by atoms with Crippen LogP contribution in [0.5, 0.6) is 5.75 Å². The number of rotatable bonds is 4. The Morgan fingerprint density at radius 3 is 2.72 bits per heavy atom. The molecule has 7 heteroatoms. The highest BCUT2D eigenvalue weighted by Gasteiger charge is 2.21. The summed E-state index contributed by atoms with van der Waals surface area (Å²) in [6.45, 7) is 1.61. The normalized spacial score (nSPS) is 14.2. The Labute approximate surface area is 146 Å².